The maximum absolute atomic E-state index is 11.9. The number of nitrogens with zero attached hydrogens (tertiary/aromatic N) is 1. The summed E-state index contributed by atoms with van der Waals surface area (Å²) < 4.78 is 21.1. The van der Waals surface area contributed by atoms with Crippen molar-refractivity contribution in [2.24, 2.45) is 4.40 Å². The normalized spacial score (nSPS) is 14.4. The van der Waals surface area contributed by atoms with Gasteiger partial charge in [0.2, 0.25) is 0 Å². The van der Waals surface area contributed by atoms with Crippen LogP contribution in [0.4, 0.5) is 0 Å². The third-order valence-corrected chi connectivity index (χ3v) is 4.22. The summed E-state index contributed by atoms with van der Waals surface area (Å²) in [5, 5.41) is 0.633. The molecule has 0 heterocycles. The van der Waals surface area contributed by atoms with Crippen LogP contribution in [0.1, 0.15) is 33.3 Å². The van der Waals surface area contributed by atoms with Gasteiger partial charge in [-0.1, -0.05) is 22.1 Å². The minimum absolute atomic E-state index is 0.342. The zero-order chi connectivity index (χ0) is 14.6. The van der Waals surface area contributed by atoms with Crippen molar-refractivity contribution in [2.75, 3.05) is 7.11 Å². The number of hydrogen-bond acceptors (Lipinski definition) is 3. The van der Waals surface area contributed by atoms with Gasteiger partial charge in [0.25, 0.3) is 0 Å². The molecule has 1 aromatic carbocycles. The Morgan fingerprint density at radius 2 is 2.05 bits per heavy atom. The number of ether oxygens (including phenoxy) is 1. The topological polar surface area (TPSA) is 44.6 Å². The lowest BCUT2D eigenvalue weighted by atomic mass is 10.1. The average molecular weight is 302 g/mol. The Bertz CT molecular complexity index is 469. The predicted molar refractivity (Wildman–Crippen MR) is 82.7 cm³/mol. The number of halogens is 1. The molecule has 0 aromatic heterocycles. The van der Waals surface area contributed by atoms with Gasteiger partial charge < -0.3 is 9.29 Å². The van der Waals surface area contributed by atoms with Crippen molar-refractivity contribution in [2.45, 2.75) is 38.9 Å². The highest BCUT2D eigenvalue weighted by atomic mass is 35.5. The molecule has 5 heteroatoms. The van der Waals surface area contributed by atoms with E-state index in [0.29, 0.717) is 11.4 Å². The Kier molecular flexibility index (Phi) is 5.71. The fourth-order valence-corrected chi connectivity index (χ4v) is 2.23. The first-order valence-electron chi connectivity index (χ1n) is 6.02. The van der Waals surface area contributed by atoms with Gasteiger partial charge in [0.1, 0.15) is 21.9 Å². The number of rotatable bonds is 4. The van der Waals surface area contributed by atoms with Crippen molar-refractivity contribution in [1.29, 1.82) is 0 Å². The molecule has 3 nitrogen and oxygen atoms in total. The highest BCUT2D eigenvalue weighted by molar-refractivity contribution is 7.91. The predicted octanol–water partition coefficient (Wildman–Crippen LogP) is 3.81. The largest absolute Gasteiger partial charge is 0.591 e. The lowest BCUT2D eigenvalue weighted by Crippen LogP contribution is -2.26. The van der Waals surface area contributed by atoms with Gasteiger partial charge in [-0.2, -0.15) is 0 Å². The van der Waals surface area contributed by atoms with Crippen LogP contribution in [0.5, 0.6) is 5.75 Å². The van der Waals surface area contributed by atoms with Crippen molar-refractivity contribution in [3.63, 3.8) is 0 Å². The van der Waals surface area contributed by atoms with Crippen molar-refractivity contribution in [3.05, 3.63) is 28.8 Å². The Hall–Kier alpha value is -0.710. The fourth-order valence-electron chi connectivity index (χ4n) is 1.45. The average Bonchev–Trinajstić information content (AvgIpc) is 2.30. The monoisotopic (exact) mass is 301 g/mol. The smallest absolute Gasteiger partial charge is 0.144 e. The number of hydrogen-bond donors (Lipinski definition) is 0. The van der Waals surface area contributed by atoms with E-state index in [1.165, 1.54) is 0 Å². The van der Waals surface area contributed by atoms with Gasteiger partial charge in [0.15, 0.2) is 0 Å². The molecule has 0 aliphatic carbocycles. The van der Waals surface area contributed by atoms with Gasteiger partial charge in [-0.05, 0) is 45.4 Å². The van der Waals surface area contributed by atoms with E-state index in [1.807, 2.05) is 39.8 Å². The van der Waals surface area contributed by atoms with Crippen molar-refractivity contribution in [3.8, 4) is 5.75 Å². The van der Waals surface area contributed by atoms with Gasteiger partial charge in [-0.3, -0.25) is 0 Å². The molecule has 19 heavy (non-hydrogen) atoms. The minimum Gasteiger partial charge on any atom is -0.591 e. The van der Waals surface area contributed by atoms with E-state index in [9.17, 15) is 4.55 Å². The Balaban J connectivity index is 2.88. The van der Waals surface area contributed by atoms with Crippen LogP contribution in [-0.4, -0.2) is 22.1 Å². The molecular formula is C14H20ClNO2S. The summed E-state index contributed by atoms with van der Waals surface area (Å²) in [6.07, 6.45) is 0.599. The van der Waals surface area contributed by atoms with Crippen LogP contribution in [0.2, 0.25) is 5.02 Å². The second-order valence-electron chi connectivity index (χ2n) is 5.32. The molecule has 0 N–H and O–H groups in total. The molecule has 1 atom stereocenters. The summed E-state index contributed by atoms with van der Waals surface area (Å²) in [7, 11) is 1.61. The fraction of sp³-hybridized carbons (Fsp3) is 0.500. The molecule has 0 amide bonds. The Morgan fingerprint density at radius 3 is 2.58 bits per heavy atom. The quantitative estimate of drug-likeness (QED) is 0.627. The van der Waals surface area contributed by atoms with Crippen LogP contribution in [0, 0.1) is 0 Å². The standard InChI is InChI=1S/C14H20ClNO2S/c1-10(16-19(17)14(2,3)4)8-11-6-7-12(15)9-13(11)18-5/h6-7,9H,8H2,1-5H3/t19-/m0/s1. The van der Waals surface area contributed by atoms with Crippen LogP contribution in [0.3, 0.4) is 0 Å². The SMILES string of the molecule is COc1cc(Cl)ccc1CC(C)=N[S@@+]([O-])C(C)(C)C. The number of benzene rings is 1. The zero-order valence-electron chi connectivity index (χ0n) is 12.0. The third kappa shape index (κ3) is 5.05. The van der Waals surface area contributed by atoms with Gasteiger partial charge in [-0.15, -0.1) is 0 Å². The zero-order valence-corrected chi connectivity index (χ0v) is 13.6. The third-order valence-electron chi connectivity index (χ3n) is 2.46. The molecule has 0 saturated carbocycles. The first-order valence-corrected chi connectivity index (χ1v) is 7.51. The van der Waals surface area contributed by atoms with Crippen LogP contribution in [0.15, 0.2) is 22.6 Å². The van der Waals surface area contributed by atoms with Crippen molar-refractivity contribution in [1.82, 2.24) is 0 Å². The van der Waals surface area contributed by atoms with E-state index >= 15 is 0 Å². The highest BCUT2D eigenvalue weighted by Gasteiger charge is 2.26. The molecule has 0 aliphatic heterocycles. The van der Waals surface area contributed by atoms with Crippen molar-refractivity contribution < 1.29 is 9.29 Å². The van der Waals surface area contributed by atoms with Gasteiger partial charge in [0.05, 0.1) is 12.8 Å². The summed E-state index contributed by atoms with van der Waals surface area (Å²) in [6.45, 7) is 7.59. The Labute approximate surface area is 123 Å². The summed E-state index contributed by atoms with van der Waals surface area (Å²) in [6, 6.07) is 5.48. The molecule has 106 valence electrons. The van der Waals surface area contributed by atoms with Gasteiger partial charge in [0, 0.05) is 11.4 Å². The number of methoxy groups -OCH3 is 1. The second-order valence-corrected chi connectivity index (χ2v) is 7.66. The van der Waals surface area contributed by atoms with E-state index in [0.717, 1.165) is 17.0 Å². The molecule has 0 bridgehead atoms. The van der Waals surface area contributed by atoms with E-state index in [2.05, 4.69) is 4.40 Å². The molecule has 0 unspecified atom stereocenters. The molecule has 0 fully saturated rings. The molecule has 0 aliphatic rings. The maximum atomic E-state index is 11.9. The highest BCUT2D eigenvalue weighted by Crippen LogP contribution is 2.24. The lowest BCUT2D eigenvalue weighted by Gasteiger charge is -2.19. The van der Waals surface area contributed by atoms with Gasteiger partial charge in [-0.25, -0.2) is 0 Å². The van der Waals surface area contributed by atoms with Crippen LogP contribution >= 0.6 is 11.6 Å². The Morgan fingerprint density at radius 1 is 1.42 bits per heavy atom. The molecular weight excluding hydrogens is 282 g/mol. The van der Waals surface area contributed by atoms with Crippen LogP contribution < -0.4 is 4.74 Å². The maximum Gasteiger partial charge on any atom is 0.144 e. The summed E-state index contributed by atoms with van der Waals surface area (Å²) in [5.74, 6) is 0.726. The van der Waals surface area contributed by atoms with E-state index in [-0.39, 0.29) is 4.75 Å². The first kappa shape index (κ1) is 16.3. The summed E-state index contributed by atoms with van der Waals surface area (Å²) >= 11 is 4.68. The van der Waals surface area contributed by atoms with Crippen molar-refractivity contribution >= 4 is 28.7 Å². The molecule has 0 spiro atoms. The van der Waals surface area contributed by atoms with Gasteiger partial charge >= 0.3 is 0 Å². The molecule has 1 aromatic rings. The first-order chi connectivity index (χ1) is 8.74. The lowest BCUT2D eigenvalue weighted by molar-refractivity contribution is 0.411. The van der Waals surface area contributed by atoms with E-state index in [4.69, 9.17) is 16.3 Å². The van der Waals surface area contributed by atoms with Crippen LogP contribution in [-0.2, 0) is 17.8 Å². The van der Waals surface area contributed by atoms with Crippen LogP contribution in [0.25, 0.3) is 0 Å². The van der Waals surface area contributed by atoms with E-state index in [1.54, 1.807) is 13.2 Å². The second kappa shape index (κ2) is 6.64. The molecule has 0 saturated heterocycles. The molecule has 0 radical (unpaired) electrons. The summed E-state index contributed by atoms with van der Waals surface area (Å²) in [5.41, 5.74) is 1.80. The molecule has 1 rings (SSSR count). The minimum atomic E-state index is -1.23. The summed E-state index contributed by atoms with van der Waals surface area (Å²) in [4.78, 5) is 0. The van der Waals surface area contributed by atoms with E-state index < -0.39 is 11.4 Å².